The van der Waals surface area contributed by atoms with E-state index in [9.17, 15) is 4.79 Å². The van der Waals surface area contributed by atoms with Crippen molar-refractivity contribution < 1.29 is 4.79 Å². The van der Waals surface area contributed by atoms with Gasteiger partial charge in [0.25, 0.3) is 0 Å². The highest BCUT2D eigenvalue weighted by Crippen LogP contribution is 2.22. The first kappa shape index (κ1) is 16.2. The van der Waals surface area contributed by atoms with Crippen molar-refractivity contribution in [2.45, 2.75) is 25.3 Å². The molecular formula is C16H18N4OS. The van der Waals surface area contributed by atoms with E-state index in [0.717, 1.165) is 21.8 Å². The summed E-state index contributed by atoms with van der Waals surface area (Å²) >= 11 is 1.40. The number of para-hydroxylation sites is 2. The number of benzene rings is 1. The van der Waals surface area contributed by atoms with E-state index in [2.05, 4.69) is 16.0 Å². The Hall–Kier alpha value is -2.13. The minimum absolute atomic E-state index is 0.0251. The zero-order chi connectivity index (χ0) is 15.9. The first-order valence-corrected chi connectivity index (χ1v) is 8.15. The fraction of sp³-hybridized carbons (Fsp3) is 0.375. The molecule has 0 saturated heterocycles. The number of carbonyl (C=O) groups excluding carboxylic acids is 1. The summed E-state index contributed by atoms with van der Waals surface area (Å²) in [5.41, 5.74) is 2.52. The van der Waals surface area contributed by atoms with Crippen LogP contribution in [-0.4, -0.2) is 39.6 Å². The molecule has 0 atom stereocenters. The van der Waals surface area contributed by atoms with Gasteiger partial charge < -0.3 is 4.90 Å². The molecule has 0 spiro atoms. The van der Waals surface area contributed by atoms with E-state index >= 15 is 0 Å². The molecule has 1 aromatic carbocycles. The Labute approximate surface area is 134 Å². The van der Waals surface area contributed by atoms with Crippen molar-refractivity contribution in [1.82, 2.24) is 14.9 Å². The minimum Gasteiger partial charge on any atom is -0.341 e. The molecule has 1 heterocycles. The molecule has 2 rings (SSSR count). The van der Waals surface area contributed by atoms with E-state index in [-0.39, 0.29) is 5.91 Å². The highest BCUT2D eigenvalue weighted by Gasteiger charge is 2.13. The van der Waals surface area contributed by atoms with Crippen molar-refractivity contribution in [2.24, 2.45) is 0 Å². The third-order valence-electron chi connectivity index (χ3n) is 3.26. The number of aryl methyl sites for hydroxylation is 1. The predicted octanol–water partition coefficient (Wildman–Crippen LogP) is 2.79. The zero-order valence-corrected chi connectivity index (χ0v) is 13.6. The fourth-order valence-corrected chi connectivity index (χ4v) is 2.93. The van der Waals surface area contributed by atoms with Gasteiger partial charge in [0.15, 0.2) is 0 Å². The van der Waals surface area contributed by atoms with Gasteiger partial charge in [-0.25, -0.2) is 9.97 Å². The van der Waals surface area contributed by atoms with Crippen LogP contribution in [0, 0.1) is 18.3 Å². The predicted molar refractivity (Wildman–Crippen MR) is 87.5 cm³/mol. The lowest BCUT2D eigenvalue weighted by Gasteiger charge is -2.19. The average molecular weight is 314 g/mol. The van der Waals surface area contributed by atoms with Crippen molar-refractivity contribution in [3.05, 3.63) is 30.0 Å². The van der Waals surface area contributed by atoms with E-state index in [1.54, 1.807) is 4.90 Å². The molecular weight excluding hydrogens is 296 g/mol. The molecule has 114 valence electrons. The number of hydrogen-bond donors (Lipinski definition) is 0. The molecule has 1 amide bonds. The highest BCUT2D eigenvalue weighted by molar-refractivity contribution is 7.99. The molecule has 2 aromatic rings. The zero-order valence-electron chi connectivity index (χ0n) is 12.7. The summed E-state index contributed by atoms with van der Waals surface area (Å²) in [7, 11) is 0. The number of aromatic nitrogens is 2. The summed E-state index contributed by atoms with van der Waals surface area (Å²) < 4.78 is 0. The summed E-state index contributed by atoms with van der Waals surface area (Å²) in [6.07, 6.45) is 0.360. The van der Waals surface area contributed by atoms with Gasteiger partial charge in [-0.3, -0.25) is 4.79 Å². The van der Waals surface area contributed by atoms with Crippen LogP contribution in [-0.2, 0) is 4.79 Å². The first-order valence-electron chi connectivity index (χ1n) is 7.16. The summed E-state index contributed by atoms with van der Waals surface area (Å²) in [6.45, 7) is 4.92. The second-order valence-electron chi connectivity index (χ2n) is 4.77. The molecule has 22 heavy (non-hydrogen) atoms. The maximum absolute atomic E-state index is 12.2. The molecule has 0 aliphatic rings. The topological polar surface area (TPSA) is 69.9 Å². The van der Waals surface area contributed by atoms with Crippen LogP contribution in [0.3, 0.4) is 0 Å². The summed E-state index contributed by atoms with van der Waals surface area (Å²) in [4.78, 5) is 23.0. The largest absolute Gasteiger partial charge is 0.341 e. The van der Waals surface area contributed by atoms with Gasteiger partial charge in [0.05, 0.1) is 35.0 Å². The van der Waals surface area contributed by atoms with Gasteiger partial charge in [-0.15, -0.1) is 0 Å². The standard InChI is InChI=1S/C16H18N4OS/c1-3-20(10-6-9-17)15(21)11-22-16-12(2)18-13-7-4-5-8-14(13)19-16/h4-5,7-8H,3,6,10-11H2,1-2H3. The first-order chi connectivity index (χ1) is 10.7. The van der Waals surface area contributed by atoms with E-state index in [0.29, 0.717) is 25.3 Å². The van der Waals surface area contributed by atoms with E-state index in [1.165, 1.54) is 11.8 Å². The molecule has 0 bridgehead atoms. The fourth-order valence-electron chi connectivity index (χ4n) is 2.07. The number of hydrogen-bond acceptors (Lipinski definition) is 5. The van der Waals surface area contributed by atoms with Gasteiger partial charge >= 0.3 is 0 Å². The van der Waals surface area contributed by atoms with Gasteiger partial charge in [-0.1, -0.05) is 23.9 Å². The van der Waals surface area contributed by atoms with Gasteiger partial charge in [-0.2, -0.15) is 5.26 Å². The van der Waals surface area contributed by atoms with Crippen LogP contribution in [0.1, 0.15) is 19.0 Å². The monoisotopic (exact) mass is 314 g/mol. The Balaban J connectivity index is 2.06. The SMILES string of the molecule is CCN(CCC#N)C(=O)CSc1nc2ccccc2nc1C. The minimum atomic E-state index is 0.0251. The normalized spacial score (nSPS) is 10.4. The molecule has 0 fully saturated rings. The van der Waals surface area contributed by atoms with E-state index in [1.807, 2.05) is 38.1 Å². The maximum atomic E-state index is 12.2. The Bertz CT molecular complexity index is 711. The van der Waals surface area contributed by atoms with Gasteiger partial charge in [0, 0.05) is 13.1 Å². The number of rotatable bonds is 6. The third-order valence-corrected chi connectivity index (χ3v) is 4.31. The summed E-state index contributed by atoms with van der Waals surface area (Å²) in [5.74, 6) is 0.338. The molecule has 0 N–H and O–H groups in total. The smallest absolute Gasteiger partial charge is 0.233 e. The van der Waals surface area contributed by atoms with E-state index in [4.69, 9.17) is 5.26 Å². The lowest BCUT2D eigenvalue weighted by Crippen LogP contribution is -2.33. The van der Waals surface area contributed by atoms with Crippen molar-refractivity contribution in [1.29, 1.82) is 5.26 Å². The van der Waals surface area contributed by atoms with Crippen molar-refractivity contribution in [3.8, 4) is 6.07 Å². The molecule has 0 unspecified atom stereocenters. The Morgan fingerprint density at radius 2 is 2.00 bits per heavy atom. The van der Waals surface area contributed by atoms with Crippen molar-refractivity contribution >= 4 is 28.7 Å². The average Bonchev–Trinajstić information content (AvgIpc) is 2.53. The number of thioether (sulfide) groups is 1. The van der Waals surface area contributed by atoms with Crippen LogP contribution in [0.2, 0.25) is 0 Å². The lowest BCUT2D eigenvalue weighted by atomic mass is 10.3. The Morgan fingerprint density at radius 3 is 2.64 bits per heavy atom. The van der Waals surface area contributed by atoms with Crippen LogP contribution >= 0.6 is 11.8 Å². The molecule has 0 radical (unpaired) electrons. The number of nitriles is 1. The molecule has 0 aliphatic carbocycles. The van der Waals surface area contributed by atoms with Gasteiger partial charge in [0.1, 0.15) is 5.03 Å². The number of carbonyl (C=O) groups is 1. The van der Waals surface area contributed by atoms with Crippen LogP contribution in [0.5, 0.6) is 0 Å². The van der Waals surface area contributed by atoms with Gasteiger partial charge in [0.2, 0.25) is 5.91 Å². The summed E-state index contributed by atoms with van der Waals surface area (Å²) in [6, 6.07) is 9.76. The lowest BCUT2D eigenvalue weighted by molar-refractivity contribution is -0.128. The quantitative estimate of drug-likeness (QED) is 0.767. The van der Waals surface area contributed by atoms with E-state index < -0.39 is 0 Å². The molecule has 1 aromatic heterocycles. The van der Waals surface area contributed by atoms with Crippen LogP contribution in [0.25, 0.3) is 11.0 Å². The van der Waals surface area contributed by atoms with Crippen LogP contribution in [0.15, 0.2) is 29.3 Å². The third kappa shape index (κ3) is 3.95. The maximum Gasteiger partial charge on any atom is 0.233 e. The highest BCUT2D eigenvalue weighted by atomic mass is 32.2. The Morgan fingerprint density at radius 1 is 1.32 bits per heavy atom. The van der Waals surface area contributed by atoms with Crippen LogP contribution in [0.4, 0.5) is 0 Å². The van der Waals surface area contributed by atoms with Crippen LogP contribution < -0.4 is 0 Å². The number of nitrogens with zero attached hydrogens (tertiary/aromatic N) is 4. The molecule has 5 nitrogen and oxygen atoms in total. The molecule has 0 aliphatic heterocycles. The number of fused-ring (bicyclic) bond motifs is 1. The second kappa shape index (κ2) is 7.76. The van der Waals surface area contributed by atoms with Crippen molar-refractivity contribution in [2.75, 3.05) is 18.8 Å². The second-order valence-corrected chi connectivity index (χ2v) is 5.74. The van der Waals surface area contributed by atoms with Gasteiger partial charge in [-0.05, 0) is 26.0 Å². The molecule has 0 saturated carbocycles. The summed E-state index contributed by atoms with van der Waals surface area (Å²) in [5, 5.41) is 9.41. The Kier molecular flexibility index (Phi) is 5.73. The molecule has 6 heteroatoms. The number of amides is 1. The van der Waals surface area contributed by atoms with Crippen molar-refractivity contribution in [3.63, 3.8) is 0 Å².